The van der Waals surface area contributed by atoms with Gasteiger partial charge >= 0.3 is 0 Å². The van der Waals surface area contributed by atoms with Crippen LogP contribution in [0, 0.1) is 5.82 Å². The molecule has 2 heterocycles. The molecule has 1 aromatic heterocycles. The summed E-state index contributed by atoms with van der Waals surface area (Å²) in [4.78, 5) is 0.186. The third-order valence-corrected chi connectivity index (χ3v) is 4.40. The van der Waals surface area contributed by atoms with Crippen molar-refractivity contribution in [3.63, 3.8) is 0 Å². The molecule has 110 valence electrons. The van der Waals surface area contributed by atoms with E-state index in [4.69, 9.17) is 12.2 Å². The molecule has 0 radical (unpaired) electrons. The highest BCUT2D eigenvalue weighted by Gasteiger charge is 2.47. The molecule has 2 nitrogen and oxygen atoms in total. The van der Waals surface area contributed by atoms with E-state index in [0.717, 1.165) is 0 Å². The highest BCUT2D eigenvalue weighted by atomic mass is 79.9. The molecule has 1 aliphatic rings. The number of nitrogens with one attached hydrogen (secondary N) is 1. The molecule has 2 aromatic rings. The van der Waals surface area contributed by atoms with Gasteiger partial charge in [0.05, 0.1) is 12.2 Å². The van der Waals surface area contributed by atoms with E-state index in [9.17, 15) is 13.2 Å². The Labute approximate surface area is 133 Å². The first kappa shape index (κ1) is 14.6. The average molecular weight is 375 g/mol. The number of thiocarbonyl (C=S) groups is 1. The Balaban J connectivity index is 2.19. The van der Waals surface area contributed by atoms with Crippen LogP contribution < -0.4 is 5.32 Å². The van der Waals surface area contributed by atoms with Crippen molar-refractivity contribution in [3.05, 3.63) is 58.1 Å². The lowest BCUT2D eigenvalue weighted by Crippen LogP contribution is -2.57. The summed E-state index contributed by atoms with van der Waals surface area (Å²) in [5.74, 6) is -0.690. The Bertz CT molecular complexity index is 716. The summed E-state index contributed by atoms with van der Waals surface area (Å²) in [6.07, 6.45) is -1.16. The van der Waals surface area contributed by atoms with E-state index in [1.165, 1.54) is 18.2 Å². The van der Waals surface area contributed by atoms with E-state index < -0.39 is 17.8 Å². The number of hydrogen-bond acceptors (Lipinski definition) is 1. The zero-order valence-electron chi connectivity index (χ0n) is 10.6. The smallest absolute Gasteiger partial charge is 0.267 e. The highest BCUT2D eigenvalue weighted by Crippen LogP contribution is 2.37. The van der Waals surface area contributed by atoms with E-state index in [0.29, 0.717) is 10.2 Å². The average Bonchev–Trinajstić information content (AvgIpc) is 2.89. The lowest BCUT2D eigenvalue weighted by molar-refractivity contribution is 0.0233. The van der Waals surface area contributed by atoms with Crippen LogP contribution in [0.3, 0.4) is 0 Å². The second kappa shape index (κ2) is 5.14. The van der Waals surface area contributed by atoms with Crippen LogP contribution in [0.5, 0.6) is 0 Å². The minimum absolute atomic E-state index is 0.0967. The predicted molar refractivity (Wildman–Crippen MR) is 81.0 cm³/mol. The van der Waals surface area contributed by atoms with Crippen molar-refractivity contribution in [2.75, 3.05) is 0 Å². The Hall–Kier alpha value is -1.34. The zero-order valence-corrected chi connectivity index (χ0v) is 13.0. The van der Waals surface area contributed by atoms with Crippen LogP contribution in [0.25, 0.3) is 0 Å². The number of alkyl halides is 2. The molecule has 0 bridgehead atoms. The van der Waals surface area contributed by atoms with Gasteiger partial charge in [0, 0.05) is 16.2 Å². The first-order valence-corrected chi connectivity index (χ1v) is 7.35. The van der Waals surface area contributed by atoms with Crippen molar-refractivity contribution in [2.24, 2.45) is 0 Å². The highest BCUT2D eigenvalue weighted by molar-refractivity contribution is 9.10. The molecule has 1 atom stereocenters. The molecule has 0 saturated carbocycles. The predicted octanol–water partition coefficient (Wildman–Crippen LogP) is 3.83. The number of halogens is 4. The summed E-state index contributed by atoms with van der Waals surface area (Å²) in [5.41, 5.74) is -1.33. The van der Waals surface area contributed by atoms with Gasteiger partial charge in [0.15, 0.2) is 0 Å². The maximum atomic E-state index is 14.1. The van der Waals surface area contributed by atoms with Crippen molar-refractivity contribution in [1.29, 1.82) is 0 Å². The maximum absolute atomic E-state index is 14.1. The lowest BCUT2D eigenvalue weighted by Gasteiger charge is -2.40. The Morgan fingerprint density at radius 2 is 2.10 bits per heavy atom. The van der Waals surface area contributed by atoms with Gasteiger partial charge < -0.3 is 9.88 Å². The molecular weight excluding hydrogens is 365 g/mol. The molecule has 0 spiro atoms. The maximum Gasteiger partial charge on any atom is 0.267 e. The summed E-state index contributed by atoms with van der Waals surface area (Å²) < 4.78 is 43.9. The minimum Gasteiger partial charge on any atom is -0.358 e. The van der Waals surface area contributed by atoms with Gasteiger partial charge in [0.2, 0.25) is 0 Å². The minimum atomic E-state index is -2.82. The normalized spacial score (nSPS) is 21.3. The molecule has 0 saturated heterocycles. The quantitative estimate of drug-likeness (QED) is 0.804. The summed E-state index contributed by atoms with van der Waals surface area (Å²) in [7, 11) is 0. The summed E-state index contributed by atoms with van der Waals surface area (Å²) in [5, 5.41) is 2.66. The number of hydrogen-bond donors (Lipinski definition) is 1. The molecule has 1 aromatic carbocycles. The first-order valence-electron chi connectivity index (χ1n) is 6.15. The van der Waals surface area contributed by atoms with Gasteiger partial charge in [-0.05, 0) is 30.3 Å². The number of fused-ring (bicyclic) bond motifs is 1. The summed E-state index contributed by atoms with van der Waals surface area (Å²) in [6, 6.07) is 7.47. The van der Waals surface area contributed by atoms with Crippen molar-refractivity contribution in [1.82, 2.24) is 9.88 Å². The van der Waals surface area contributed by atoms with Crippen molar-refractivity contribution >= 4 is 33.1 Å². The van der Waals surface area contributed by atoms with Crippen molar-refractivity contribution in [2.45, 2.75) is 18.5 Å². The Kier molecular flexibility index (Phi) is 3.57. The third-order valence-electron chi connectivity index (χ3n) is 3.60. The van der Waals surface area contributed by atoms with Gasteiger partial charge in [-0.15, -0.1) is 0 Å². The molecule has 1 unspecified atom stereocenters. The molecule has 1 N–H and O–H groups in total. The van der Waals surface area contributed by atoms with E-state index in [2.05, 4.69) is 21.2 Å². The van der Waals surface area contributed by atoms with Gasteiger partial charge in [-0.25, -0.2) is 13.2 Å². The zero-order chi connectivity index (χ0) is 15.2. The van der Waals surface area contributed by atoms with Crippen molar-refractivity contribution in [3.8, 4) is 0 Å². The number of rotatable bonds is 2. The fourth-order valence-electron chi connectivity index (χ4n) is 2.57. The first-order chi connectivity index (χ1) is 9.94. The van der Waals surface area contributed by atoms with Gasteiger partial charge in [-0.1, -0.05) is 28.1 Å². The van der Waals surface area contributed by atoms with E-state index >= 15 is 0 Å². The topological polar surface area (TPSA) is 17.0 Å². The molecule has 0 amide bonds. The molecule has 0 fully saturated rings. The number of aromatic nitrogens is 1. The van der Waals surface area contributed by atoms with Gasteiger partial charge in [0.25, 0.3) is 6.43 Å². The lowest BCUT2D eigenvalue weighted by atomic mass is 9.88. The molecule has 3 rings (SSSR count). The van der Waals surface area contributed by atoms with Gasteiger partial charge in [-0.3, -0.25) is 0 Å². The fourth-order valence-corrected chi connectivity index (χ4v) is 3.29. The fraction of sp³-hybridized carbons (Fsp3) is 0.214. The van der Waals surface area contributed by atoms with E-state index in [-0.39, 0.29) is 17.1 Å². The van der Waals surface area contributed by atoms with Crippen molar-refractivity contribution < 1.29 is 13.2 Å². The Morgan fingerprint density at radius 1 is 1.33 bits per heavy atom. The van der Waals surface area contributed by atoms with Crippen LogP contribution in [-0.2, 0) is 12.1 Å². The van der Waals surface area contributed by atoms with Crippen LogP contribution in [0.1, 0.15) is 11.3 Å². The SMILES string of the molecule is Fc1ccc(Br)cc1C1(C(F)F)Cn2cccc2C(=S)N1. The van der Waals surface area contributed by atoms with E-state index in [1.807, 2.05) is 0 Å². The number of benzene rings is 1. The molecule has 21 heavy (non-hydrogen) atoms. The summed E-state index contributed by atoms with van der Waals surface area (Å²) in [6.45, 7) is -0.0967. The van der Waals surface area contributed by atoms with Crippen LogP contribution in [0.2, 0.25) is 0 Å². The second-order valence-corrected chi connectivity index (χ2v) is 6.20. The van der Waals surface area contributed by atoms with Crippen LogP contribution >= 0.6 is 28.1 Å². The largest absolute Gasteiger partial charge is 0.358 e. The number of nitrogens with zero attached hydrogens (tertiary/aromatic N) is 1. The second-order valence-electron chi connectivity index (χ2n) is 4.87. The Morgan fingerprint density at radius 3 is 2.81 bits per heavy atom. The van der Waals surface area contributed by atoms with Gasteiger partial charge in [0.1, 0.15) is 16.3 Å². The van der Waals surface area contributed by atoms with E-state index in [1.54, 1.807) is 22.9 Å². The third kappa shape index (κ3) is 2.28. The van der Waals surface area contributed by atoms with Crippen LogP contribution in [0.4, 0.5) is 13.2 Å². The van der Waals surface area contributed by atoms with Gasteiger partial charge in [-0.2, -0.15) is 0 Å². The molecule has 0 aliphatic carbocycles. The summed E-state index contributed by atoms with van der Waals surface area (Å²) >= 11 is 8.36. The monoisotopic (exact) mass is 374 g/mol. The molecular formula is C14H10BrF3N2S. The standard InChI is InChI=1S/C14H10BrF3N2S/c15-8-3-4-10(16)9(6-8)14(13(17)18)7-20-5-1-2-11(20)12(21)19-14/h1-6,13H,7H2,(H,19,21). The van der Waals surface area contributed by atoms with Crippen LogP contribution in [-0.4, -0.2) is 16.0 Å². The van der Waals surface area contributed by atoms with Crippen LogP contribution in [0.15, 0.2) is 41.0 Å². The molecule has 1 aliphatic heterocycles. The molecule has 7 heteroatoms.